The van der Waals surface area contributed by atoms with Crippen LogP contribution in [0.1, 0.15) is 16.5 Å². The molecule has 2 aromatic heterocycles. The van der Waals surface area contributed by atoms with Crippen LogP contribution < -0.4 is 5.73 Å². The van der Waals surface area contributed by atoms with E-state index in [1.165, 1.54) is 0 Å². The molecule has 2 aromatic rings. The van der Waals surface area contributed by atoms with Crippen LogP contribution in [0.3, 0.4) is 0 Å². The summed E-state index contributed by atoms with van der Waals surface area (Å²) in [4.78, 5) is 1.14. The Morgan fingerprint density at radius 2 is 2.47 bits per heavy atom. The number of rotatable bonds is 3. The minimum atomic E-state index is -0.572. The first-order valence-electron chi connectivity index (χ1n) is 4.66. The molecular weight excluding hydrogens is 210 g/mol. The summed E-state index contributed by atoms with van der Waals surface area (Å²) in [5.74, 6) is 0.527. The molecule has 0 spiro atoms. The van der Waals surface area contributed by atoms with Crippen LogP contribution in [0.15, 0.2) is 23.7 Å². The van der Waals surface area contributed by atoms with Gasteiger partial charge in [-0.25, -0.2) is 0 Å². The third kappa shape index (κ3) is 2.03. The molecule has 0 aliphatic carbocycles. The Labute approximate surface area is 92.0 Å². The lowest BCUT2D eigenvalue weighted by atomic mass is 10.1. The summed E-state index contributed by atoms with van der Waals surface area (Å²) in [5, 5.41) is 16.0. The summed E-state index contributed by atoms with van der Waals surface area (Å²) in [5.41, 5.74) is 6.48. The lowest BCUT2D eigenvalue weighted by molar-refractivity contribution is 0.180. The maximum atomic E-state index is 9.96. The highest BCUT2D eigenvalue weighted by molar-refractivity contribution is 7.09. The van der Waals surface area contributed by atoms with Gasteiger partial charge in [-0.15, -0.1) is 11.3 Å². The maximum absolute atomic E-state index is 9.96. The average molecular weight is 223 g/mol. The minimum Gasteiger partial charge on any atom is -0.388 e. The van der Waals surface area contributed by atoms with Crippen molar-refractivity contribution < 1.29 is 5.11 Å². The van der Waals surface area contributed by atoms with Crippen LogP contribution in [0.4, 0.5) is 5.82 Å². The van der Waals surface area contributed by atoms with Gasteiger partial charge in [0.25, 0.3) is 0 Å². The molecule has 2 heterocycles. The number of hydrogen-bond donors (Lipinski definition) is 2. The molecule has 0 radical (unpaired) electrons. The van der Waals surface area contributed by atoms with E-state index in [-0.39, 0.29) is 0 Å². The van der Waals surface area contributed by atoms with Gasteiger partial charge in [-0.05, 0) is 11.4 Å². The molecule has 1 unspecified atom stereocenters. The molecule has 0 fully saturated rings. The zero-order valence-electron chi connectivity index (χ0n) is 8.42. The van der Waals surface area contributed by atoms with E-state index in [0.717, 1.165) is 4.88 Å². The topological polar surface area (TPSA) is 64.1 Å². The first kappa shape index (κ1) is 10.2. The third-order valence-electron chi connectivity index (χ3n) is 2.35. The van der Waals surface area contributed by atoms with Gasteiger partial charge in [0.05, 0.1) is 12.3 Å². The van der Waals surface area contributed by atoms with E-state index in [0.29, 0.717) is 17.8 Å². The molecule has 0 saturated carbocycles. The molecular formula is C10H13N3OS. The van der Waals surface area contributed by atoms with Crippen molar-refractivity contribution >= 4 is 17.2 Å². The van der Waals surface area contributed by atoms with Crippen LogP contribution in [-0.4, -0.2) is 14.9 Å². The van der Waals surface area contributed by atoms with Crippen molar-refractivity contribution in [2.24, 2.45) is 7.05 Å². The standard InChI is InChI=1S/C10H13N3OS/c1-13-10(11)8(6-12-13)9(14)5-7-3-2-4-15-7/h2-4,6,9,14H,5,11H2,1H3. The number of aliphatic hydroxyl groups excluding tert-OH is 1. The highest BCUT2D eigenvalue weighted by atomic mass is 32.1. The Hall–Kier alpha value is -1.33. The lowest BCUT2D eigenvalue weighted by Gasteiger charge is -2.08. The van der Waals surface area contributed by atoms with Crippen molar-refractivity contribution in [2.45, 2.75) is 12.5 Å². The molecule has 1 atom stereocenters. The Balaban J connectivity index is 2.14. The second kappa shape index (κ2) is 4.04. The summed E-state index contributed by atoms with van der Waals surface area (Å²) in [7, 11) is 1.76. The van der Waals surface area contributed by atoms with Gasteiger partial charge in [0.15, 0.2) is 0 Å². The van der Waals surface area contributed by atoms with Crippen molar-refractivity contribution in [3.05, 3.63) is 34.2 Å². The normalized spacial score (nSPS) is 12.9. The lowest BCUT2D eigenvalue weighted by Crippen LogP contribution is -2.05. The maximum Gasteiger partial charge on any atom is 0.127 e. The fraction of sp³-hybridized carbons (Fsp3) is 0.300. The molecule has 0 amide bonds. The number of aromatic nitrogens is 2. The fourth-order valence-corrected chi connectivity index (χ4v) is 2.19. The van der Waals surface area contributed by atoms with Crippen LogP contribution in [0.25, 0.3) is 0 Å². The Bertz CT molecular complexity index is 435. The quantitative estimate of drug-likeness (QED) is 0.825. The van der Waals surface area contributed by atoms with Crippen LogP contribution in [0, 0.1) is 0 Å². The zero-order valence-corrected chi connectivity index (χ0v) is 9.24. The zero-order chi connectivity index (χ0) is 10.8. The minimum absolute atomic E-state index is 0.527. The number of nitrogens with two attached hydrogens (primary N) is 1. The van der Waals surface area contributed by atoms with Crippen LogP contribution in [0.2, 0.25) is 0 Å². The van der Waals surface area contributed by atoms with Gasteiger partial charge < -0.3 is 10.8 Å². The van der Waals surface area contributed by atoms with Gasteiger partial charge >= 0.3 is 0 Å². The van der Waals surface area contributed by atoms with Crippen molar-refractivity contribution in [3.63, 3.8) is 0 Å². The van der Waals surface area contributed by atoms with Gasteiger partial charge in [-0.2, -0.15) is 5.10 Å². The van der Waals surface area contributed by atoms with Crippen molar-refractivity contribution in [1.82, 2.24) is 9.78 Å². The Morgan fingerprint density at radius 3 is 3.00 bits per heavy atom. The predicted octanol–water partition coefficient (Wildman–Crippen LogP) is 1.34. The first-order valence-corrected chi connectivity index (χ1v) is 5.54. The Morgan fingerprint density at radius 1 is 1.67 bits per heavy atom. The molecule has 15 heavy (non-hydrogen) atoms. The molecule has 0 bridgehead atoms. The van der Waals surface area contributed by atoms with Crippen molar-refractivity contribution in [3.8, 4) is 0 Å². The molecule has 2 rings (SSSR count). The van der Waals surface area contributed by atoms with Gasteiger partial charge in [0, 0.05) is 23.9 Å². The predicted molar refractivity (Wildman–Crippen MR) is 60.6 cm³/mol. The molecule has 0 saturated heterocycles. The average Bonchev–Trinajstić information content (AvgIpc) is 2.79. The molecule has 3 N–H and O–H groups in total. The second-order valence-corrected chi connectivity index (χ2v) is 4.44. The third-order valence-corrected chi connectivity index (χ3v) is 3.25. The van der Waals surface area contributed by atoms with E-state index in [4.69, 9.17) is 5.73 Å². The van der Waals surface area contributed by atoms with Gasteiger partial charge in [0.2, 0.25) is 0 Å². The van der Waals surface area contributed by atoms with E-state index >= 15 is 0 Å². The fourth-order valence-electron chi connectivity index (χ4n) is 1.45. The highest BCUT2D eigenvalue weighted by Crippen LogP contribution is 2.24. The summed E-state index contributed by atoms with van der Waals surface area (Å²) in [6.07, 6.45) is 1.64. The molecule has 4 nitrogen and oxygen atoms in total. The van der Waals surface area contributed by atoms with Crippen LogP contribution in [-0.2, 0) is 13.5 Å². The summed E-state index contributed by atoms with van der Waals surface area (Å²) in [6, 6.07) is 3.97. The van der Waals surface area contributed by atoms with Gasteiger partial charge in [0.1, 0.15) is 5.82 Å². The SMILES string of the molecule is Cn1ncc(C(O)Cc2cccs2)c1N. The molecule has 0 aliphatic heterocycles. The smallest absolute Gasteiger partial charge is 0.127 e. The van der Waals surface area contributed by atoms with Crippen molar-refractivity contribution in [2.75, 3.05) is 5.73 Å². The summed E-state index contributed by atoms with van der Waals surface area (Å²) < 4.78 is 1.56. The van der Waals surface area contributed by atoms with E-state index in [9.17, 15) is 5.11 Å². The van der Waals surface area contributed by atoms with Gasteiger partial charge in [-0.1, -0.05) is 6.07 Å². The first-order chi connectivity index (χ1) is 7.18. The Kier molecular flexibility index (Phi) is 2.75. The number of anilines is 1. The van der Waals surface area contributed by atoms with Crippen LogP contribution >= 0.6 is 11.3 Å². The largest absolute Gasteiger partial charge is 0.388 e. The molecule has 0 aliphatic rings. The number of hydrogen-bond acceptors (Lipinski definition) is 4. The van der Waals surface area contributed by atoms with E-state index < -0.39 is 6.10 Å². The number of aliphatic hydroxyl groups is 1. The monoisotopic (exact) mass is 223 g/mol. The number of nitrogens with zero attached hydrogens (tertiary/aromatic N) is 2. The molecule has 80 valence electrons. The van der Waals surface area contributed by atoms with E-state index in [1.54, 1.807) is 29.3 Å². The highest BCUT2D eigenvalue weighted by Gasteiger charge is 2.15. The number of nitrogen functional groups attached to an aromatic ring is 1. The summed E-state index contributed by atoms with van der Waals surface area (Å²) >= 11 is 1.63. The van der Waals surface area contributed by atoms with Crippen LogP contribution in [0.5, 0.6) is 0 Å². The second-order valence-electron chi connectivity index (χ2n) is 3.41. The number of aryl methyl sites for hydroxylation is 1. The van der Waals surface area contributed by atoms with E-state index in [2.05, 4.69) is 5.10 Å². The van der Waals surface area contributed by atoms with Gasteiger partial charge in [-0.3, -0.25) is 4.68 Å². The summed E-state index contributed by atoms with van der Waals surface area (Å²) in [6.45, 7) is 0. The van der Waals surface area contributed by atoms with Crippen molar-refractivity contribution in [1.29, 1.82) is 0 Å². The van der Waals surface area contributed by atoms with E-state index in [1.807, 2.05) is 17.5 Å². The molecule has 0 aromatic carbocycles. The molecule has 5 heteroatoms. The number of thiophene rings is 1.